The van der Waals surface area contributed by atoms with E-state index in [-0.39, 0.29) is 0 Å². The van der Waals surface area contributed by atoms with E-state index in [0.29, 0.717) is 12.1 Å². The van der Waals surface area contributed by atoms with Gasteiger partial charge in [0.05, 0.1) is 10.0 Å². The molecule has 0 aliphatic carbocycles. The molecule has 1 atom stereocenters. The monoisotopic (exact) mass is 510 g/mol. The van der Waals surface area contributed by atoms with Gasteiger partial charge in [-0.25, -0.2) is 22.4 Å². The number of nitrogens with one attached hydrogen (secondary N) is 2. The number of amides is 3. The van der Waals surface area contributed by atoms with E-state index in [4.69, 9.17) is 23.2 Å². The number of imide groups is 1. The van der Waals surface area contributed by atoms with Crippen LogP contribution in [0.25, 0.3) is 0 Å². The van der Waals surface area contributed by atoms with Crippen LogP contribution in [0.4, 0.5) is 45.6 Å². The lowest BCUT2D eigenvalue weighted by Crippen LogP contribution is -2.52. The van der Waals surface area contributed by atoms with Crippen LogP contribution in [0, 0.1) is 11.6 Å². The molecule has 0 aliphatic heterocycles. The van der Waals surface area contributed by atoms with Crippen molar-refractivity contribution in [2.75, 3.05) is 5.32 Å². The number of anilines is 1. The van der Waals surface area contributed by atoms with Gasteiger partial charge < -0.3 is 10.1 Å². The van der Waals surface area contributed by atoms with Gasteiger partial charge in [-0.05, 0) is 24.3 Å². The fourth-order valence-corrected chi connectivity index (χ4v) is 2.71. The average molecular weight is 511 g/mol. The SMILES string of the molecule is O=C(NC(=O)c1c(F)cccc1F)Nc1cc(Cl)c(OC(F)(C(F)F)C(F)(F)F)c(Cl)c1. The minimum absolute atomic E-state index is 0.430. The summed E-state index contributed by atoms with van der Waals surface area (Å²) in [6, 6.07) is 2.32. The van der Waals surface area contributed by atoms with Crippen LogP contribution in [-0.4, -0.2) is 30.4 Å². The molecule has 2 aromatic rings. The van der Waals surface area contributed by atoms with Crippen LogP contribution in [-0.2, 0) is 0 Å². The molecule has 2 aromatic carbocycles. The molecule has 1 unspecified atom stereocenters. The molecule has 3 amide bonds. The van der Waals surface area contributed by atoms with Crippen molar-refractivity contribution in [3.63, 3.8) is 0 Å². The van der Waals surface area contributed by atoms with E-state index >= 15 is 0 Å². The summed E-state index contributed by atoms with van der Waals surface area (Å²) in [5.41, 5.74) is -1.51. The van der Waals surface area contributed by atoms with Crippen LogP contribution in [0.15, 0.2) is 30.3 Å². The molecule has 15 heteroatoms. The van der Waals surface area contributed by atoms with Gasteiger partial charge in [0.2, 0.25) is 0 Å². The molecule has 0 heterocycles. The Hall–Kier alpha value is -2.80. The number of benzene rings is 2. The highest BCUT2D eigenvalue weighted by Crippen LogP contribution is 2.45. The Balaban J connectivity index is 2.21. The molecule has 0 saturated heterocycles. The molecule has 0 radical (unpaired) electrons. The Labute approximate surface area is 183 Å². The van der Waals surface area contributed by atoms with E-state index in [1.807, 2.05) is 5.32 Å². The Morgan fingerprint density at radius 2 is 1.47 bits per heavy atom. The highest BCUT2D eigenvalue weighted by Gasteiger charge is 2.66. The van der Waals surface area contributed by atoms with Gasteiger partial charge in [-0.3, -0.25) is 10.1 Å². The van der Waals surface area contributed by atoms with E-state index in [1.165, 1.54) is 0 Å². The van der Waals surface area contributed by atoms with E-state index in [0.717, 1.165) is 18.2 Å². The summed E-state index contributed by atoms with van der Waals surface area (Å²) in [6.07, 6.45) is -10.8. The summed E-state index contributed by atoms with van der Waals surface area (Å²) in [6.45, 7) is 0. The third-order valence-corrected chi connectivity index (χ3v) is 4.15. The molecule has 2 N–H and O–H groups in total. The lowest BCUT2D eigenvalue weighted by molar-refractivity contribution is -0.340. The van der Waals surface area contributed by atoms with Crippen molar-refractivity contribution in [2.45, 2.75) is 18.5 Å². The number of ether oxygens (including phenoxy) is 1. The summed E-state index contributed by atoms with van der Waals surface area (Å²) < 4.78 is 108. The van der Waals surface area contributed by atoms with Gasteiger partial charge in [0.1, 0.15) is 17.2 Å². The Kier molecular flexibility index (Phi) is 7.45. The number of hydrogen-bond acceptors (Lipinski definition) is 3. The van der Waals surface area contributed by atoms with Crippen molar-refractivity contribution in [2.24, 2.45) is 0 Å². The Morgan fingerprint density at radius 1 is 0.969 bits per heavy atom. The first-order valence-electron chi connectivity index (χ1n) is 7.95. The minimum atomic E-state index is -6.16. The highest BCUT2D eigenvalue weighted by atomic mass is 35.5. The summed E-state index contributed by atoms with van der Waals surface area (Å²) in [4.78, 5) is 23.7. The van der Waals surface area contributed by atoms with Gasteiger partial charge in [0.25, 0.3) is 5.91 Å². The smallest absolute Gasteiger partial charge is 0.443 e. The second-order valence-electron chi connectivity index (χ2n) is 5.82. The molecule has 0 aromatic heterocycles. The molecule has 2 rings (SSSR count). The zero-order chi connectivity index (χ0) is 24.4. The lowest BCUT2D eigenvalue weighted by Gasteiger charge is -2.28. The van der Waals surface area contributed by atoms with Crippen LogP contribution in [0.5, 0.6) is 5.75 Å². The number of rotatable bonds is 5. The maximum absolute atomic E-state index is 13.8. The van der Waals surface area contributed by atoms with Crippen LogP contribution in [0.3, 0.4) is 0 Å². The van der Waals surface area contributed by atoms with Gasteiger partial charge in [-0.2, -0.15) is 17.6 Å². The van der Waals surface area contributed by atoms with Crippen molar-refractivity contribution in [1.29, 1.82) is 0 Å². The van der Waals surface area contributed by atoms with E-state index in [9.17, 15) is 44.7 Å². The number of carbonyl (C=O) groups excluding carboxylic acids is 2. The van der Waals surface area contributed by atoms with Crippen molar-refractivity contribution < 1.29 is 49.4 Å². The summed E-state index contributed by atoms with van der Waals surface area (Å²) in [5, 5.41) is 1.61. The van der Waals surface area contributed by atoms with Gasteiger partial charge in [0, 0.05) is 5.69 Å². The third kappa shape index (κ3) is 5.33. The van der Waals surface area contributed by atoms with Gasteiger partial charge >= 0.3 is 24.5 Å². The van der Waals surface area contributed by atoms with Gasteiger partial charge in [0.15, 0.2) is 5.75 Å². The Morgan fingerprint density at radius 3 is 1.91 bits per heavy atom. The topological polar surface area (TPSA) is 67.4 Å². The van der Waals surface area contributed by atoms with Crippen molar-refractivity contribution >= 4 is 40.8 Å². The van der Waals surface area contributed by atoms with Crippen molar-refractivity contribution in [1.82, 2.24) is 5.32 Å². The zero-order valence-corrected chi connectivity index (χ0v) is 16.5. The lowest BCUT2D eigenvalue weighted by atomic mass is 10.2. The standard InChI is InChI=1S/C17H8Cl2F8N2O3/c18-7-4-6(5-8(19)12(7)32-16(24,14(22)23)17(25,26)27)28-15(31)29-13(30)11-9(20)2-1-3-10(11)21/h1-5,14H,(H2,28,29,30,31). The number of hydrogen-bond donors (Lipinski definition) is 2. The molecular weight excluding hydrogens is 503 g/mol. The molecule has 174 valence electrons. The first-order chi connectivity index (χ1) is 14.7. The number of halogens is 10. The molecule has 32 heavy (non-hydrogen) atoms. The maximum atomic E-state index is 13.8. The molecule has 0 saturated carbocycles. The minimum Gasteiger partial charge on any atom is -0.443 e. The normalized spacial score (nSPS) is 13.5. The molecule has 5 nitrogen and oxygen atoms in total. The summed E-state index contributed by atoms with van der Waals surface area (Å²) >= 11 is 11.2. The van der Waals surface area contributed by atoms with Crippen LogP contribution < -0.4 is 15.4 Å². The van der Waals surface area contributed by atoms with Gasteiger partial charge in [-0.1, -0.05) is 29.3 Å². The molecule has 0 aliphatic rings. The maximum Gasteiger partial charge on any atom is 0.466 e. The van der Waals surface area contributed by atoms with Crippen molar-refractivity contribution in [3.8, 4) is 5.75 Å². The molecule has 0 spiro atoms. The fraction of sp³-hybridized carbons (Fsp3) is 0.176. The van der Waals surface area contributed by atoms with Crippen molar-refractivity contribution in [3.05, 3.63) is 57.6 Å². The van der Waals surface area contributed by atoms with Crippen LogP contribution in [0.1, 0.15) is 10.4 Å². The predicted octanol–water partition coefficient (Wildman–Crippen LogP) is 6.11. The second kappa shape index (κ2) is 9.36. The molecular formula is C17H8Cl2F8N2O3. The first-order valence-corrected chi connectivity index (χ1v) is 8.71. The fourth-order valence-electron chi connectivity index (χ4n) is 2.15. The zero-order valence-electron chi connectivity index (χ0n) is 15.0. The van der Waals surface area contributed by atoms with Crippen LogP contribution in [0.2, 0.25) is 10.0 Å². The predicted molar refractivity (Wildman–Crippen MR) is 95.8 cm³/mol. The van der Waals surface area contributed by atoms with Gasteiger partial charge in [-0.15, -0.1) is 0 Å². The number of alkyl halides is 6. The average Bonchev–Trinajstić information content (AvgIpc) is 2.63. The molecule has 0 bridgehead atoms. The van der Waals surface area contributed by atoms with E-state index in [1.54, 1.807) is 5.32 Å². The largest absolute Gasteiger partial charge is 0.466 e. The Bertz CT molecular complexity index is 1010. The number of carbonyl (C=O) groups is 2. The second-order valence-corrected chi connectivity index (χ2v) is 6.63. The van der Waals surface area contributed by atoms with Crippen LogP contribution >= 0.6 is 23.2 Å². The number of urea groups is 1. The van der Waals surface area contributed by atoms with E-state index in [2.05, 4.69) is 4.74 Å². The van der Waals surface area contributed by atoms with E-state index < -0.39 is 69.1 Å². The summed E-state index contributed by atoms with van der Waals surface area (Å²) in [7, 11) is 0. The highest BCUT2D eigenvalue weighted by molar-refractivity contribution is 6.37. The first kappa shape index (κ1) is 25.5. The molecule has 0 fully saturated rings. The summed E-state index contributed by atoms with van der Waals surface area (Å²) in [5.74, 6) is -10.8. The third-order valence-electron chi connectivity index (χ3n) is 3.59. The quantitative estimate of drug-likeness (QED) is 0.477.